The molecule has 0 fully saturated rings. The second-order valence-electron chi connectivity index (χ2n) is 5.58. The zero-order valence-corrected chi connectivity index (χ0v) is 15.0. The van der Waals surface area contributed by atoms with Crippen LogP contribution in [0.25, 0.3) is 0 Å². The Balaban J connectivity index is 2.04. The van der Waals surface area contributed by atoms with Gasteiger partial charge in [-0.15, -0.1) is 0 Å². The van der Waals surface area contributed by atoms with E-state index in [2.05, 4.69) is 5.32 Å². The van der Waals surface area contributed by atoms with E-state index in [0.717, 1.165) is 17.9 Å². The van der Waals surface area contributed by atoms with E-state index in [1.807, 2.05) is 25.3 Å². The van der Waals surface area contributed by atoms with Crippen molar-refractivity contribution in [2.24, 2.45) is 0 Å². The van der Waals surface area contributed by atoms with Crippen LogP contribution >= 0.6 is 11.6 Å². The highest BCUT2D eigenvalue weighted by Gasteiger charge is 2.22. The minimum absolute atomic E-state index is 0.407. The van der Waals surface area contributed by atoms with E-state index in [1.54, 1.807) is 30.3 Å². The van der Waals surface area contributed by atoms with Crippen molar-refractivity contribution >= 4 is 29.2 Å². The fourth-order valence-electron chi connectivity index (χ4n) is 2.58. The Hall–Kier alpha value is -2.27. The lowest BCUT2D eigenvalue weighted by Crippen LogP contribution is -2.30. The number of amides is 1. The van der Waals surface area contributed by atoms with Crippen LogP contribution in [-0.2, 0) is 16.1 Å². The molecular formula is C18H21ClN2O3. The average Bonchev–Trinajstić information content (AvgIpc) is 2.81. The quantitative estimate of drug-likeness (QED) is 0.832. The molecule has 1 atom stereocenters. The molecule has 1 heterocycles. The molecule has 1 amide bonds. The summed E-state index contributed by atoms with van der Waals surface area (Å²) in [5, 5.41) is 3.19. The van der Waals surface area contributed by atoms with Crippen molar-refractivity contribution in [1.82, 2.24) is 4.57 Å². The number of carbonyl (C=O) groups excluding carboxylic acids is 2. The number of nitrogens with one attached hydrogen (secondary N) is 1. The van der Waals surface area contributed by atoms with Gasteiger partial charge in [-0.3, -0.25) is 4.79 Å². The largest absolute Gasteiger partial charge is 0.449 e. The SMILES string of the molecule is CCn1c(C)cc(C(=O)O[C@H](C)C(=O)Nc2cccc(Cl)c2)c1C. The number of anilines is 1. The highest BCUT2D eigenvalue weighted by atomic mass is 35.5. The fourth-order valence-corrected chi connectivity index (χ4v) is 2.77. The minimum atomic E-state index is -0.916. The van der Waals surface area contributed by atoms with E-state index in [0.29, 0.717) is 16.3 Å². The predicted molar refractivity (Wildman–Crippen MR) is 94.5 cm³/mol. The van der Waals surface area contributed by atoms with E-state index in [1.165, 1.54) is 6.92 Å². The van der Waals surface area contributed by atoms with Gasteiger partial charge in [0.25, 0.3) is 5.91 Å². The summed E-state index contributed by atoms with van der Waals surface area (Å²) in [5.74, 6) is -0.911. The molecule has 6 heteroatoms. The highest BCUT2D eigenvalue weighted by molar-refractivity contribution is 6.30. The second-order valence-corrected chi connectivity index (χ2v) is 6.01. The number of hydrogen-bond acceptors (Lipinski definition) is 3. The fraction of sp³-hybridized carbons (Fsp3) is 0.333. The first-order valence-corrected chi connectivity index (χ1v) is 8.15. The molecule has 0 aliphatic carbocycles. The Morgan fingerprint density at radius 3 is 2.58 bits per heavy atom. The Bertz CT molecular complexity index is 768. The van der Waals surface area contributed by atoms with Crippen molar-refractivity contribution in [3.05, 3.63) is 52.3 Å². The van der Waals surface area contributed by atoms with Gasteiger partial charge in [-0.2, -0.15) is 0 Å². The van der Waals surface area contributed by atoms with Crippen LogP contribution in [0.15, 0.2) is 30.3 Å². The molecule has 0 bridgehead atoms. The monoisotopic (exact) mass is 348 g/mol. The summed E-state index contributed by atoms with van der Waals surface area (Å²) >= 11 is 5.88. The van der Waals surface area contributed by atoms with Crippen LogP contribution in [0.1, 0.15) is 35.6 Å². The first-order valence-electron chi connectivity index (χ1n) is 7.77. The van der Waals surface area contributed by atoms with Crippen molar-refractivity contribution < 1.29 is 14.3 Å². The van der Waals surface area contributed by atoms with Gasteiger partial charge >= 0.3 is 5.97 Å². The third-order valence-electron chi connectivity index (χ3n) is 3.85. The predicted octanol–water partition coefficient (Wildman–Crippen LogP) is 3.96. The summed E-state index contributed by atoms with van der Waals surface area (Å²) in [6.45, 7) is 8.12. The maximum Gasteiger partial charge on any atom is 0.340 e. The Morgan fingerprint density at radius 2 is 2.00 bits per heavy atom. The van der Waals surface area contributed by atoms with Crippen LogP contribution in [0.4, 0.5) is 5.69 Å². The van der Waals surface area contributed by atoms with Crippen molar-refractivity contribution in [2.75, 3.05) is 5.32 Å². The third-order valence-corrected chi connectivity index (χ3v) is 4.09. The van der Waals surface area contributed by atoms with Crippen LogP contribution in [0.2, 0.25) is 5.02 Å². The van der Waals surface area contributed by atoms with Crippen LogP contribution in [0, 0.1) is 13.8 Å². The van der Waals surface area contributed by atoms with Gasteiger partial charge in [0.2, 0.25) is 0 Å². The van der Waals surface area contributed by atoms with Gasteiger partial charge in [-0.05, 0) is 52.0 Å². The lowest BCUT2D eigenvalue weighted by atomic mass is 10.2. The van der Waals surface area contributed by atoms with E-state index < -0.39 is 18.0 Å². The molecule has 24 heavy (non-hydrogen) atoms. The molecular weight excluding hydrogens is 328 g/mol. The maximum absolute atomic E-state index is 12.3. The molecule has 0 saturated heterocycles. The van der Waals surface area contributed by atoms with Crippen molar-refractivity contribution in [3.63, 3.8) is 0 Å². The van der Waals surface area contributed by atoms with Crippen molar-refractivity contribution in [1.29, 1.82) is 0 Å². The standard InChI is InChI=1S/C18H21ClN2O3/c1-5-21-11(2)9-16(12(21)3)18(23)24-13(4)17(22)20-15-8-6-7-14(19)10-15/h6-10,13H,5H2,1-4H3,(H,20,22)/t13-/m1/s1. The van der Waals surface area contributed by atoms with Crippen LogP contribution in [0.3, 0.4) is 0 Å². The molecule has 2 rings (SSSR count). The lowest BCUT2D eigenvalue weighted by Gasteiger charge is -2.14. The van der Waals surface area contributed by atoms with Crippen molar-refractivity contribution in [3.8, 4) is 0 Å². The number of benzene rings is 1. The maximum atomic E-state index is 12.3. The molecule has 1 aromatic carbocycles. The number of rotatable bonds is 5. The van der Waals surface area contributed by atoms with Gasteiger partial charge in [0.05, 0.1) is 5.56 Å². The van der Waals surface area contributed by atoms with Crippen LogP contribution < -0.4 is 5.32 Å². The number of hydrogen-bond donors (Lipinski definition) is 1. The number of carbonyl (C=O) groups is 2. The van der Waals surface area contributed by atoms with Crippen LogP contribution in [-0.4, -0.2) is 22.5 Å². The normalized spacial score (nSPS) is 11.9. The minimum Gasteiger partial charge on any atom is -0.449 e. The summed E-state index contributed by atoms with van der Waals surface area (Å²) in [4.78, 5) is 24.5. The number of ether oxygens (including phenoxy) is 1. The average molecular weight is 349 g/mol. The number of nitrogens with zero attached hydrogens (tertiary/aromatic N) is 1. The first kappa shape index (κ1) is 18.1. The summed E-state index contributed by atoms with van der Waals surface area (Å²) in [5.41, 5.74) is 2.86. The van der Waals surface area contributed by atoms with Gasteiger partial charge in [0.15, 0.2) is 6.10 Å². The molecule has 128 valence electrons. The lowest BCUT2D eigenvalue weighted by molar-refractivity contribution is -0.123. The Morgan fingerprint density at radius 1 is 1.29 bits per heavy atom. The van der Waals surface area contributed by atoms with Crippen LogP contribution in [0.5, 0.6) is 0 Å². The molecule has 0 saturated carbocycles. The second kappa shape index (κ2) is 7.53. The topological polar surface area (TPSA) is 60.3 Å². The van der Waals surface area contributed by atoms with Gasteiger partial charge in [-0.25, -0.2) is 4.79 Å². The number of aryl methyl sites for hydroxylation is 1. The summed E-state index contributed by atoms with van der Waals surface area (Å²) in [7, 11) is 0. The van der Waals surface area contributed by atoms with Gasteiger partial charge in [0, 0.05) is 28.6 Å². The molecule has 0 aliphatic heterocycles. The highest BCUT2D eigenvalue weighted by Crippen LogP contribution is 2.18. The van der Waals surface area contributed by atoms with Crippen molar-refractivity contribution in [2.45, 2.75) is 40.3 Å². The molecule has 2 aromatic rings. The molecule has 5 nitrogen and oxygen atoms in total. The number of halogens is 1. The molecule has 1 N–H and O–H groups in total. The Kier molecular flexibility index (Phi) is 5.67. The van der Waals surface area contributed by atoms with Gasteiger partial charge in [-0.1, -0.05) is 17.7 Å². The molecule has 1 aromatic heterocycles. The van der Waals surface area contributed by atoms with E-state index in [-0.39, 0.29) is 0 Å². The molecule has 0 spiro atoms. The third kappa shape index (κ3) is 3.97. The first-order chi connectivity index (χ1) is 11.3. The molecule has 0 unspecified atom stereocenters. The van der Waals surface area contributed by atoms with Gasteiger partial charge < -0.3 is 14.6 Å². The van der Waals surface area contributed by atoms with E-state index in [9.17, 15) is 9.59 Å². The van der Waals surface area contributed by atoms with Gasteiger partial charge in [0.1, 0.15) is 0 Å². The summed E-state index contributed by atoms with van der Waals surface area (Å²) in [6.07, 6.45) is -0.916. The van der Waals surface area contributed by atoms with E-state index in [4.69, 9.17) is 16.3 Å². The summed E-state index contributed by atoms with van der Waals surface area (Å²) in [6, 6.07) is 8.57. The summed E-state index contributed by atoms with van der Waals surface area (Å²) < 4.78 is 7.32. The zero-order chi connectivity index (χ0) is 17.9. The number of aromatic nitrogens is 1. The smallest absolute Gasteiger partial charge is 0.340 e. The molecule has 0 aliphatic rings. The Labute approximate surface area is 146 Å². The zero-order valence-electron chi connectivity index (χ0n) is 14.2. The number of esters is 1. The molecule has 0 radical (unpaired) electrons. The van der Waals surface area contributed by atoms with E-state index >= 15 is 0 Å².